The monoisotopic (exact) mass is 298 g/mol. The molecule has 0 aliphatic heterocycles. The van der Waals surface area contributed by atoms with Crippen LogP contribution in [0.3, 0.4) is 0 Å². The van der Waals surface area contributed by atoms with Crippen LogP contribution >= 0.6 is 0 Å². The van der Waals surface area contributed by atoms with Gasteiger partial charge < -0.3 is 4.74 Å². The normalized spacial score (nSPS) is 25.8. The van der Waals surface area contributed by atoms with E-state index >= 15 is 0 Å². The number of pyridine rings is 1. The van der Waals surface area contributed by atoms with E-state index in [-0.39, 0.29) is 5.92 Å². The summed E-state index contributed by atoms with van der Waals surface area (Å²) >= 11 is 0. The summed E-state index contributed by atoms with van der Waals surface area (Å²) in [5.41, 5.74) is 1.26. The topological polar surface area (TPSA) is 45.9 Å². The molecule has 0 radical (unpaired) electrons. The van der Waals surface area contributed by atoms with Crippen molar-refractivity contribution in [3.05, 3.63) is 23.9 Å². The van der Waals surface area contributed by atoms with Crippen LogP contribution in [-0.2, 0) is 0 Å². The van der Waals surface area contributed by atoms with Gasteiger partial charge in [0.2, 0.25) is 5.88 Å². The van der Waals surface area contributed by atoms with E-state index in [2.05, 4.69) is 17.1 Å². The van der Waals surface area contributed by atoms with Gasteiger partial charge in [0, 0.05) is 18.2 Å². The molecule has 118 valence electrons. The van der Waals surface area contributed by atoms with Crippen molar-refractivity contribution < 1.29 is 4.74 Å². The van der Waals surface area contributed by atoms with Crippen LogP contribution in [0.1, 0.15) is 69.3 Å². The molecule has 1 heterocycles. The molecular weight excluding hydrogens is 272 g/mol. The first kappa shape index (κ1) is 15.3. The number of hydrogen-bond donors (Lipinski definition) is 0. The van der Waals surface area contributed by atoms with Crippen molar-refractivity contribution in [2.75, 3.05) is 6.61 Å². The highest BCUT2D eigenvalue weighted by Crippen LogP contribution is 2.37. The van der Waals surface area contributed by atoms with Crippen molar-refractivity contribution in [3.8, 4) is 11.9 Å². The van der Waals surface area contributed by atoms with Crippen LogP contribution in [0.5, 0.6) is 5.88 Å². The lowest BCUT2D eigenvalue weighted by atomic mass is 9.87. The van der Waals surface area contributed by atoms with Crippen molar-refractivity contribution in [1.29, 1.82) is 5.26 Å². The number of nitrogens with zero attached hydrogens (tertiary/aromatic N) is 2. The van der Waals surface area contributed by atoms with Crippen LogP contribution in [0.4, 0.5) is 0 Å². The van der Waals surface area contributed by atoms with Crippen LogP contribution in [0.2, 0.25) is 0 Å². The molecule has 0 spiro atoms. The van der Waals surface area contributed by atoms with E-state index in [0.717, 1.165) is 44.1 Å². The molecule has 0 bridgehead atoms. The largest absolute Gasteiger partial charge is 0.478 e. The SMILES string of the molecule is N#CC1CCC(c2ccc(OCCC3CCCCC3)nc2)C1. The summed E-state index contributed by atoms with van der Waals surface area (Å²) in [6.45, 7) is 0.789. The fourth-order valence-electron chi connectivity index (χ4n) is 3.93. The summed E-state index contributed by atoms with van der Waals surface area (Å²) in [7, 11) is 0. The molecule has 0 aromatic carbocycles. The zero-order chi connectivity index (χ0) is 15.2. The third-order valence-electron chi connectivity index (χ3n) is 5.35. The Morgan fingerprint density at radius 2 is 2.00 bits per heavy atom. The van der Waals surface area contributed by atoms with Gasteiger partial charge in [0.1, 0.15) is 0 Å². The Labute approximate surface area is 133 Å². The van der Waals surface area contributed by atoms with Gasteiger partial charge in [-0.15, -0.1) is 0 Å². The molecule has 2 fully saturated rings. The fraction of sp³-hybridized carbons (Fsp3) is 0.684. The number of rotatable bonds is 5. The van der Waals surface area contributed by atoms with Gasteiger partial charge in [-0.1, -0.05) is 38.2 Å². The molecule has 2 aliphatic carbocycles. The Kier molecular flexibility index (Phi) is 5.32. The zero-order valence-electron chi connectivity index (χ0n) is 13.3. The third-order valence-corrected chi connectivity index (χ3v) is 5.35. The summed E-state index contributed by atoms with van der Waals surface area (Å²) in [5.74, 6) is 2.34. The minimum atomic E-state index is 0.233. The zero-order valence-corrected chi connectivity index (χ0v) is 13.3. The van der Waals surface area contributed by atoms with Crippen molar-refractivity contribution in [2.24, 2.45) is 11.8 Å². The van der Waals surface area contributed by atoms with Gasteiger partial charge in [0.15, 0.2) is 0 Å². The molecule has 3 nitrogen and oxygen atoms in total. The van der Waals surface area contributed by atoms with Gasteiger partial charge in [-0.05, 0) is 43.1 Å². The first-order valence-corrected chi connectivity index (χ1v) is 8.83. The van der Waals surface area contributed by atoms with Gasteiger partial charge in [-0.25, -0.2) is 4.98 Å². The molecule has 2 aliphatic rings. The van der Waals surface area contributed by atoms with Crippen LogP contribution < -0.4 is 4.74 Å². The molecule has 3 rings (SSSR count). The lowest BCUT2D eigenvalue weighted by Crippen LogP contribution is -2.11. The fourth-order valence-corrected chi connectivity index (χ4v) is 3.93. The Morgan fingerprint density at radius 1 is 1.14 bits per heavy atom. The lowest BCUT2D eigenvalue weighted by molar-refractivity contribution is 0.240. The Morgan fingerprint density at radius 3 is 2.68 bits per heavy atom. The van der Waals surface area contributed by atoms with Gasteiger partial charge in [0.05, 0.1) is 12.7 Å². The second-order valence-electron chi connectivity index (χ2n) is 6.91. The predicted molar refractivity (Wildman–Crippen MR) is 86.6 cm³/mol. The van der Waals surface area contributed by atoms with Crippen molar-refractivity contribution in [1.82, 2.24) is 4.98 Å². The lowest BCUT2D eigenvalue weighted by Gasteiger charge is -2.21. The summed E-state index contributed by atoms with van der Waals surface area (Å²) in [6.07, 6.45) is 13.2. The van der Waals surface area contributed by atoms with E-state index in [0.29, 0.717) is 5.92 Å². The molecule has 0 saturated heterocycles. The molecule has 2 saturated carbocycles. The molecule has 3 heteroatoms. The first-order chi connectivity index (χ1) is 10.8. The summed E-state index contributed by atoms with van der Waals surface area (Å²) in [6, 6.07) is 6.52. The minimum absolute atomic E-state index is 0.233. The minimum Gasteiger partial charge on any atom is -0.478 e. The molecular formula is C19H26N2O. The third kappa shape index (κ3) is 4.00. The van der Waals surface area contributed by atoms with E-state index in [9.17, 15) is 0 Å². The van der Waals surface area contributed by atoms with E-state index in [4.69, 9.17) is 10.00 Å². The van der Waals surface area contributed by atoms with Crippen molar-refractivity contribution >= 4 is 0 Å². The Bertz CT molecular complexity index is 499. The van der Waals surface area contributed by atoms with Gasteiger partial charge in [0.25, 0.3) is 0 Å². The van der Waals surface area contributed by atoms with Crippen LogP contribution in [0, 0.1) is 23.2 Å². The molecule has 1 aromatic heterocycles. The van der Waals surface area contributed by atoms with Gasteiger partial charge in [-0.3, -0.25) is 0 Å². The summed E-state index contributed by atoms with van der Waals surface area (Å²) in [4.78, 5) is 4.45. The number of hydrogen-bond acceptors (Lipinski definition) is 3. The average molecular weight is 298 g/mol. The highest BCUT2D eigenvalue weighted by atomic mass is 16.5. The molecule has 1 aromatic rings. The van der Waals surface area contributed by atoms with Gasteiger partial charge in [-0.2, -0.15) is 5.26 Å². The quantitative estimate of drug-likeness (QED) is 0.781. The number of nitriles is 1. The van der Waals surface area contributed by atoms with Crippen molar-refractivity contribution in [3.63, 3.8) is 0 Å². The number of aromatic nitrogens is 1. The molecule has 0 amide bonds. The molecule has 22 heavy (non-hydrogen) atoms. The second kappa shape index (κ2) is 7.63. The van der Waals surface area contributed by atoms with E-state index < -0.39 is 0 Å². The maximum Gasteiger partial charge on any atom is 0.213 e. The van der Waals surface area contributed by atoms with Crippen LogP contribution in [0.15, 0.2) is 18.3 Å². The highest BCUT2D eigenvalue weighted by Gasteiger charge is 2.25. The van der Waals surface area contributed by atoms with E-state index in [1.165, 1.54) is 37.7 Å². The molecule has 0 N–H and O–H groups in total. The second-order valence-corrected chi connectivity index (χ2v) is 6.91. The van der Waals surface area contributed by atoms with Gasteiger partial charge >= 0.3 is 0 Å². The molecule has 2 atom stereocenters. The smallest absolute Gasteiger partial charge is 0.213 e. The molecule has 2 unspecified atom stereocenters. The highest BCUT2D eigenvalue weighted by molar-refractivity contribution is 5.22. The van der Waals surface area contributed by atoms with Crippen LogP contribution in [-0.4, -0.2) is 11.6 Å². The average Bonchev–Trinajstić information content (AvgIpc) is 3.06. The first-order valence-electron chi connectivity index (χ1n) is 8.83. The van der Waals surface area contributed by atoms with E-state index in [1.807, 2.05) is 12.3 Å². The Balaban J connectivity index is 1.44. The Hall–Kier alpha value is -1.56. The number of ether oxygens (including phenoxy) is 1. The summed E-state index contributed by atoms with van der Waals surface area (Å²) in [5, 5.41) is 8.99. The van der Waals surface area contributed by atoms with Crippen LogP contribution in [0.25, 0.3) is 0 Å². The van der Waals surface area contributed by atoms with Crippen molar-refractivity contribution in [2.45, 2.75) is 63.7 Å². The van der Waals surface area contributed by atoms with E-state index in [1.54, 1.807) is 0 Å². The standard InChI is InChI=1S/C19H26N2O/c20-13-16-6-7-17(12-16)18-8-9-19(21-14-18)22-11-10-15-4-2-1-3-5-15/h8-9,14-17H,1-7,10-12H2. The summed E-state index contributed by atoms with van der Waals surface area (Å²) < 4.78 is 5.81. The maximum absolute atomic E-state index is 8.99. The maximum atomic E-state index is 8.99. The predicted octanol–water partition coefficient (Wildman–Crippen LogP) is 4.84.